The van der Waals surface area contributed by atoms with Gasteiger partial charge in [0.05, 0.1) is 18.8 Å². The predicted octanol–water partition coefficient (Wildman–Crippen LogP) is 3.07. The highest BCUT2D eigenvalue weighted by molar-refractivity contribution is 9.08. The van der Waals surface area contributed by atoms with Gasteiger partial charge in [0.15, 0.2) is 5.69 Å². The second-order valence-corrected chi connectivity index (χ2v) is 3.84. The van der Waals surface area contributed by atoms with E-state index in [4.69, 9.17) is 4.74 Å². The van der Waals surface area contributed by atoms with Crippen molar-refractivity contribution in [2.24, 2.45) is 7.05 Å². The van der Waals surface area contributed by atoms with Gasteiger partial charge >= 0.3 is 6.18 Å². The van der Waals surface area contributed by atoms with E-state index < -0.39 is 18.5 Å². The average molecular weight is 319 g/mol. The zero-order valence-corrected chi connectivity index (χ0v) is 10.6. The molecule has 0 aliphatic carbocycles. The molecule has 3 nitrogen and oxygen atoms in total. The van der Waals surface area contributed by atoms with Gasteiger partial charge in [0, 0.05) is 18.8 Å². The van der Waals surface area contributed by atoms with Crippen molar-refractivity contribution in [1.82, 2.24) is 9.78 Å². The lowest BCUT2D eigenvalue weighted by atomic mass is 10.2. The maximum atomic E-state index is 12.6. The molecule has 0 spiro atoms. The van der Waals surface area contributed by atoms with Crippen LogP contribution in [0.3, 0.4) is 0 Å². The summed E-state index contributed by atoms with van der Waals surface area (Å²) >= 11 is 2.97. The summed E-state index contributed by atoms with van der Waals surface area (Å²) in [6.07, 6.45) is -4.39. The summed E-state index contributed by atoms with van der Waals surface area (Å²) in [5, 5.41) is 3.35. The van der Waals surface area contributed by atoms with Crippen LogP contribution in [0.4, 0.5) is 17.6 Å². The molecule has 0 fully saturated rings. The van der Waals surface area contributed by atoms with E-state index in [1.165, 1.54) is 7.05 Å². The third kappa shape index (κ3) is 3.34. The molecule has 1 rings (SSSR count). The van der Waals surface area contributed by atoms with Gasteiger partial charge in [-0.05, 0) is 0 Å². The van der Waals surface area contributed by atoms with Gasteiger partial charge in [0.1, 0.15) is 0 Å². The van der Waals surface area contributed by atoms with Gasteiger partial charge in [-0.2, -0.15) is 18.3 Å². The molecule has 0 radical (unpaired) electrons. The fraction of sp³-hybridized carbons (Fsp3) is 0.667. The zero-order valence-electron chi connectivity index (χ0n) is 9.02. The van der Waals surface area contributed by atoms with E-state index in [-0.39, 0.29) is 29.8 Å². The van der Waals surface area contributed by atoms with Crippen LogP contribution in [0.25, 0.3) is 0 Å². The quantitative estimate of drug-likeness (QED) is 0.474. The summed E-state index contributed by atoms with van der Waals surface area (Å²) in [6, 6.07) is 0. The van der Waals surface area contributed by atoms with E-state index in [1.54, 1.807) is 0 Å². The van der Waals surface area contributed by atoms with Gasteiger partial charge < -0.3 is 4.74 Å². The van der Waals surface area contributed by atoms with Gasteiger partial charge in [0.25, 0.3) is 0 Å². The van der Waals surface area contributed by atoms with Crippen molar-refractivity contribution in [2.45, 2.75) is 17.9 Å². The van der Waals surface area contributed by atoms with E-state index in [9.17, 15) is 17.6 Å². The summed E-state index contributed by atoms with van der Waals surface area (Å²) < 4.78 is 55.8. The van der Waals surface area contributed by atoms with Crippen molar-refractivity contribution in [3.05, 3.63) is 11.3 Å². The molecule has 0 bridgehead atoms. The lowest BCUT2D eigenvalue weighted by Crippen LogP contribution is -2.09. The third-order valence-corrected chi connectivity index (χ3v) is 2.57. The van der Waals surface area contributed by atoms with E-state index in [0.29, 0.717) is 0 Å². The molecule has 98 valence electrons. The Labute approximate surface area is 104 Å². The molecule has 1 heterocycles. The molecule has 8 heteroatoms. The second-order valence-electron chi connectivity index (χ2n) is 3.28. The normalized spacial score (nSPS) is 11.9. The summed E-state index contributed by atoms with van der Waals surface area (Å²) in [6.45, 7) is -0.555. The Morgan fingerprint density at radius 2 is 2.06 bits per heavy atom. The van der Waals surface area contributed by atoms with E-state index in [1.807, 2.05) is 0 Å². The zero-order chi connectivity index (χ0) is 13.1. The van der Waals surface area contributed by atoms with Crippen molar-refractivity contribution in [1.29, 1.82) is 0 Å². The molecule has 0 unspecified atom stereocenters. The summed E-state index contributed by atoms with van der Waals surface area (Å²) in [7, 11) is 1.35. The monoisotopic (exact) mass is 318 g/mol. The first-order valence-electron chi connectivity index (χ1n) is 4.79. The maximum Gasteiger partial charge on any atom is 0.435 e. The first kappa shape index (κ1) is 14.3. The number of ether oxygens (including phenoxy) is 1. The molecule has 1 aromatic rings. The van der Waals surface area contributed by atoms with Crippen LogP contribution in [0.1, 0.15) is 17.7 Å². The van der Waals surface area contributed by atoms with Gasteiger partial charge in [0.2, 0.25) is 5.88 Å². The summed E-state index contributed by atoms with van der Waals surface area (Å²) in [4.78, 5) is 0. The van der Waals surface area contributed by atoms with Crippen molar-refractivity contribution in [3.8, 4) is 5.88 Å². The molecule has 0 N–H and O–H groups in total. The third-order valence-electron chi connectivity index (χ3n) is 2.01. The number of rotatable bonds is 5. The van der Waals surface area contributed by atoms with Crippen LogP contribution in [0.15, 0.2) is 0 Å². The van der Waals surface area contributed by atoms with Crippen molar-refractivity contribution in [2.75, 3.05) is 13.3 Å². The highest BCUT2D eigenvalue weighted by Crippen LogP contribution is 2.36. The molecule has 0 saturated heterocycles. The van der Waals surface area contributed by atoms with E-state index >= 15 is 0 Å². The largest absolute Gasteiger partial charge is 0.478 e. The first-order valence-corrected chi connectivity index (χ1v) is 5.91. The smallest absolute Gasteiger partial charge is 0.435 e. The first-order chi connectivity index (χ1) is 7.91. The minimum absolute atomic E-state index is 0.0163. The fourth-order valence-corrected chi connectivity index (χ4v) is 1.81. The van der Waals surface area contributed by atoms with Gasteiger partial charge in [-0.3, -0.25) is 4.39 Å². The molecule has 0 saturated carbocycles. The van der Waals surface area contributed by atoms with Crippen LogP contribution in [0.5, 0.6) is 5.88 Å². The fourth-order valence-electron chi connectivity index (χ4n) is 1.30. The van der Waals surface area contributed by atoms with Crippen LogP contribution in [-0.4, -0.2) is 23.1 Å². The molecular weight excluding hydrogens is 308 g/mol. The number of hydrogen-bond acceptors (Lipinski definition) is 2. The van der Waals surface area contributed by atoms with Crippen LogP contribution >= 0.6 is 15.9 Å². The number of nitrogens with zero attached hydrogens (tertiary/aromatic N) is 2. The minimum Gasteiger partial charge on any atom is -0.478 e. The lowest BCUT2D eigenvalue weighted by molar-refractivity contribution is -0.141. The molecule has 0 aliphatic rings. The van der Waals surface area contributed by atoms with Crippen molar-refractivity contribution in [3.63, 3.8) is 0 Å². The number of alkyl halides is 5. The second kappa shape index (κ2) is 5.70. The SMILES string of the molecule is Cn1nc(C(F)(F)F)c(CBr)c1OCCCF. The molecule has 0 amide bonds. The molecule has 0 aliphatic heterocycles. The molecule has 0 aromatic carbocycles. The number of halogens is 5. The van der Waals surface area contributed by atoms with E-state index in [0.717, 1.165) is 4.68 Å². The molecular formula is C9H11BrF4N2O. The van der Waals surface area contributed by atoms with Crippen molar-refractivity contribution >= 4 is 15.9 Å². The highest BCUT2D eigenvalue weighted by Gasteiger charge is 2.39. The van der Waals surface area contributed by atoms with Crippen LogP contribution in [0, 0.1) is 0 Å². The van der Waals surface area contributed by atoms with Gasteiger partial charge in [-0.25, -0.2) is 4.68 Å². The van der Waals surface area contributed by atoms with Gasteiger partial charge in [-0.15, -0.1) is 0 Å². The molecule has 0 atom stereocenters. The molecule has 17 heavy (non-hydrogen) atoms. The van der Waals surface area contributed by atoms with Crippen molar-refractivity contribution < 1.29 is 22.3 Å². The van der Waals surface area contributed by atoms with Crippen LogP contribution in [-0.2, 0) is 18.6 Å². The van der Waals surface area contributed by atoms with Crippen LogP contribution < -0.4 is 4.74 Å². The topological polar surface area (TPSA) is 27.1 Å². The maximum absolute atomic E-state index is 12.6. The Kier molecular flexibility index (Phi) is 4.79. The Bertz CT molecular complexity index is 378. The minimum atomic E-state index is -4.53. The Morgan fingerprint density at radius 3 is 2.53 bits per heavy atom. The summed E-state index contributed by atoms with van der Waals surface area (Å²) in [5.41, 5.74) is -1.05. The van der Waals surface area contributed by atoms with Gasteiger partial charge in [-0.1, -0.05) is 15.9 Å². The van der Waals surface area contributed by atoms with E-state index in [2.05, 4.69) is 21.0 Å². The highest BCUT2D eigenvalue weighted by atomic mass is 79.9. The molecule has 1 aromatic heterocycles. The average Bonchev–Trinajstić information content (AvgIpc) is 2.56. The standard InChI is InChI=1S/C9H11BrF4N2O/c1-16-8(17-4-2-3-11)6(5-10)7(15-16)9(12,13)14/h2-5H2,1H3. The Hall–Kier alpha value is -0.790. The Morgan fingerprint density at radius 1 is 1.41 bits per heavy atom. The number of aryl methyl sites for hydroxylation is 1. The lowest BCUT2D eigenvalue weighted by Gasteiger charge is -2.07. The number of hydrogen-bond donors (Lipinski definition) is 0. The number of aromatic nitrogens is 2. The van der Waals surface area contributed by atoms with Crippen LogP contribution in [0.2, 0.25) is 0 Å². The predicted molar refractivity (Wildman–Crippen MR) is 56.9 cm³/mol. The Balaban J connectivity index is 3.00. The summed E-state index contributed by atoms with van der Waals surface area (Å²) in [5.74, 6) is 0.0163.